The lowest BCUT2D eigenvalue weighted by Crippen LogP contribution is -2.59. The van der Waals surface area contributed by atoms with Gasteiger partial charge in [-0.3, -0.25) is 14.4 Å². The number of rotatable bonds is 9. The molecule has 9 N–H and O–H groups in total. The number of ketones is 2. The number of amides is 2. The monoisotopic (exact) mass is 751 g/mol. The van der Waals surface area contributed by atoms with E-state index < -0.39 is 91.2 Å². The van der Waals surface area contributed by atoms with Crippen molar-refractivity contribution in [3.63, 3.8) is 0 Å². The number of carbonyl (C=O) groups is 4. The topological polar surface area (TPSA) is 266 Å². The summed E-state index contributed by atoms with van der Waals surface area (Å²) < 4.78 is 27.5. The van der Waals surface area contributed by atoms with Gasteiger partial charge in [0.2, 0.25) is 11.6 Å². The summed E-state index contributed by atoms with van der Waals surface area (Å²) >= 11 is 0. The van der Waals surface area contributed by atoms with Crippen molar-refractivity contribution in [1.29, 1.82) is 0 Å². The maximum Gasteiger partial charge on any atom is 0.405 e. The molecule has 11 atom stereocenters. The van der Waals surface area contributed by atoms with E-state index in [0.717, 1.165) is 6.08 Å². The van der Waals surface area contributed by atoms with E-state index in [4.69, 9.17) is 29.4 Å². The highest BCUT2D eigenvalue weighted by molar-refractivity contribution is 6.23. The summed E-state index contributed by atoms with van der Waals surface area (Å²) in [4.78, 5) is 52.4. The molecule has 17 heteroatoms. The Bertz CT molecular complexity index is 1490. The van der Waals surface area contributed by atoms with Gasteiger partial charge in [0.25, 0.3) is 5.91 Å². The Kier molecular flexibility index (Phi) is 16.5. The van der Waals surface area contributed by atoms with Crippen LogP contribution >= 0.6 is 0 Å². The molecule has 0 aromatic carbocycles. The van der Waals surface area contributed by atoms with Crippen molar-refractivity contribution in [3.8, 4) is 0 Å². The largest absolute Gasteiger partial charge is 0.439 e. The predicted octanol–water partition coefficient (Wildman–Crippen LogP) is -0.832. The quantitative estimate of drug-likeness (QED) is 0.0812. The van der Waals surface area contributed by atoms with Gasteiger partial charge in [-0.25, -0.2) is 4.79 Å². The molecule has 3 aliphatic rings. The first-order valence-corrected chi connectivity index (χ1v) is 17.3. The second-order valence-corrected chi connectivity index (χ2v) is 13.4. The van der Waals surface area contributed by atoms with Crippen LogP contribution in [0.15, 0.2) is 58.5 Å². The molecule has 2 bridgehead atoms. The molecular formula is C36H53N3O14. The molecule has 0 aromatic rings. The maximum atomic E-state index is 13.9. The molecule has 53 heavy (non-hydrogen) atoms. The molecule has 0 unspecified atom stereocenters. The molecule has 0 saturated carbocycles. The Morgan fingerprint density at radius 2 is 1.74 bits per heavy atom. The first-order chi connectivity index (χ1) is 25.0. The first kappa shape index (κ1) is 43.6. The van der Waals surface area contributed by atoms with Crippen LogP contribution < -0.4 is 16.4 Å². The number of nitrogens with two attached hydrogens (primary N) is 1. The Hall–Kier alpha value is -3.78. The van der Waals surface area contributed by atoms with E-state index in [2.05, 4.69) is 10.6 Å². The van der Waals surface area contributed by atoms with Crippen LogP contribution in [0.5, 0.6) is 0 Å². The molecule has 1 aliphatic carbocycles. The van der Waals surface area contributed by atoms with Gasteiger partial charge in [-0.15, -0.1) is 0 Å². The molecule has 296 valence electrons. The lowest BCUT2D eigenvalue weighted by Gasteiger charge is -2.39. The zero-order chi connectivity index (χ0) is 39.6. The van der Waals surface area contributed by atoms with Crippen molar-refractivity contribution in [2.24, 2.45) is 17.6 Å². The second-order valence-electron chi connectivity index (χ2n) is 13.4. The SMILES string of the molecule is CO[C@H]1/C=C\C=C(/C)C(=O)NC2=CC(=O)C(NCCO[C@@H]3O[C@H](CO)[C@H](O)[C@H](O)[C@H]3O)=C(C[C@@H](C)C[C@H](OC)[C@H](O)[C@@H](C)/C=C(\C)[C@@H]1OC(N)=O)C2=O. The third-order valence-corrected chi connectivity index (χ3v) is 9.33. The zero-order valence-corrected chi connectivity index (χ0v) is 30.8. The molecule has 2 aliphatic heterocycles. The van der Waals surface area contributed by atoms with Crippen LogP contribution in [0, 0.1) is 11.8 Å². The molecule has 1 saturated heterocycles. The van der Waals surface area contributed by atoms with E-state index in [9.17, 15) is 44.7 Å². The number of allylic oxidation sites excluding steroid dienone is 4. The number of primary amides is 1. The number of fused-ring (bicyclic) bond motifs is 2. The molecular weight excluding hydrogens is 698 g/mol. The van der Waals surface area contributed by atoms with E-state index in [1.807, 2.05) is 6.92 Å². The van der Waals surface area contributed by atoms with Crippen LogP contribution in [0.2, 0.25) is 0 Å². The highest BCUT2D eigenvalue weighted by Crippen LogP contribution is 2.29. The number of aliphatic hydroxyl groups excluding tert-OH is 5. The maximum absolute atomic E-state index is 13.9. The minimum absolute atomic E-state index is 0.0329. The minimum Gasteiger partial charge on any atom is -0.439 e. The van der Waals surface area contributed by atoms with Crippen molar-refractivity contribution < 1.29 is 68.4 Å². The number of hydrogen-bond acceptors (Lipinski definition) is 15. The van der Waals surface area contributed by atoms with E-state index in [0.29, 0.717) is 5.57 Å². The molecule has 2 amide bonds. The molecule has 1 fully saturated rings. The van der Waals surface area contributed by atoms with Crippen molar-refractivity contribution in [2.45, 2.75) is 95.7 Å². The first-order valence-electron chi connectivity index (χ1n) is 17.3. The number of Topliss-reactive ketones (excluding diaryl/α,β-unsaturated/α-hetero) is 1. The lowest BCUT2D eigenvalue weighted by atomic mass is 9.85. The van der Waals surface area contributed by atoms with Gasteiger partial charge in [-0.1, -0.05) is 38.2 Å². The fourth-order valence-electron chi connectivity index (χ4n) is 6.33. The highest BCUT2D eigenvalue weighted by Gasteiger charge is 2.44. The predicted molar refractivity (Wildman–Crippen MR) is 187 cm³/mol. The standard InChI is InChI=1S/C36H53N3O14/c1-17-12-21-27(38-10-11-51-35-32(46)31(45)30(44)26(16-40)52-35)23(41)15-22(29(21)43)39-34(47)18(2)8-7-9-24(49-5)33(53-36(37)48)20(4)14-19(3)28(42)25(13-17)50-6/h7-9,14-15,17,19,24-26,28,30-33,35,38,40,42,44-46H,10-13,16H2,1-6H3,(H2,37,48)(H,39,47)/b9-7-,18-8+,20-14+/t17-,19+,24+,25+,26-,28-,30+,31+,32-,33+,35-/m1/s1. The van der Waals surface area contributed by atoms with Gasteiger partial charge in [0.05, 0.1) is 36.8 Å². The number of aliphatic hydroxyl groups is 5. The number of hydrogen-bond donors (Lipinski definition) is 8. The number of carbonyl (C=O) groups excluding carboxylic acids is 4. The summed E-state index contributed by atoms with van der Waals surface area (Å²) in [5, 5.41) is 56.6. The number of methoxy groups -OCH3 is 2. The van der Waals surface area contributed by atoms with Crippen molar-refractivity contribution in [3.05, 3.63) is 58.5 Å². The average Bonchev–Trinajstić information content (AvgIpc) is 3.11. The molecule has 0 aromatic heterocycles. The van der Waals surface area contributed by atoms with Crippen molar-refractivity contribution >= 4 is 23.6 Å². The van der Waals surface area contributed by atoms with Crippen LogP contribution in [0.3, 0.4) is 0 Å². The Labute approximate surface area is 308 Å². The van der Waals surface area contributed by atoms with E-state index >= 15 is 0 Å². The Morgan fingerprint density at radius 3 is 2.36 bits per heavy atom. The summed E-state index contributed by atoms with van der Waals surface area (Å²) in [6, 6.07) is 0. The third-order valence-electron chi connectivity index (χ3n) is 9.33. The van der Waals surface area contributed by atoms with E-state index in [1.54, 1.807) is 26.0 Å². The van der Waals surface area contributed by atoms with Crippen LogP contribution in [0.25, 0.3) is 0 Å². The van der Waals surface area contributed by atoms with E-state index in [-0.39, 0.29) is 54.5 Å². The summed E-state index contributed by atoms with van der Waals surface area (Å²) in [6.45, 7) is 5.86. The summed E-state index contributed by atoms with van der Waals surface area (Å²) in [5.74, 6) is -2.76. The van der Waals surface area contributed by atoms with Gasteiger partial charge in [0.1, 0.15) is 30.5 Å². The molecule has 0 radical (unpaired) electrons. The minimum atomic E-state index is -1.64. The smallest absolute Gasteiger partial charge is 0.405 e. The zero-order valence-electron chi connectivity index (χ0n) is 30.8. The molecule has 3 rings (SSSR count). The number of nitrogens with one attached hydrogen (secondary N) is 2. The van der Waals surface area contributed by atoms with Crippen LogP contribution in [0.1, 0.15) is 40.5 Å². The Balaban J connectivity index is 1.94. The van der Waals surface area contributed by atoms with Gasteiger partial charge in [0.15, 0.2) is 12.4 Å². The van der Waals surface area contributed by atoms with Crippen molar-refractivity contribution in [1.82, 2.24) is 10.6 Å². The summed E-state index contributed by atoms with van der Waals surface area (Å²) in [7, 11) is 2.84. The molecule has 0 spiro atoms. The van der Waals surface area contributed by atoms with E-state index in [1.165, 1.54) is 33.3 Å². The lowest BCUT2D eigenvalue weighted by molar-refractivity contribution is -0.300. The third kappa shape index (κ3) is 11.4. The second kappa shape index (κ2) is 20.1. The van der Waals surface area contributed by atoms with Gasteiger partial charge in [-0.2, -0.15) is 0 Å². The van der Waals surface area contributed by atoms with Crippen molar-refractivity contribution in [2.75, 3.05) is 34.0 Å². The van der Waals surface area contributed by atoms with Crippen LogP contribution in [0.4, 0.5) is 4.79 Å². The normalized spacial score (nSPS) is 36.4. The van der Waals surface area contributed by atoms with Gasteiger partial charge >= 0.3 is 6.09 Å². The fourth-order valence-corrected chi connectivity index (χ4v) is 6.33. The summed E-state index contributed by atoms with van der Waals surface area (Å²) in [5.41, 5.74) is 5.83. The van der Waals surface area contributed by atoms with Gasteiger partial charge in [0, 0.05) is 43.9 Å². The summed E-state index contributed by atoms with van der Waals surface area (Å²) in [6.07, 6.45) is -4.54. The Morgan fingerprint density at radius 1 is 1.04 bits per heavy atom. The van der Waals surface area contributed by atoms with Gasteiger partial charge in [-0.05, 0) is 38.2 Å². The van der Waals surface area contributed by atoms with Crippen LogP contribution in [-0.4, -0.2) is 138 Å². The molecule has 2 heterocycles. The van der Waals surface area contributed by atoms with Gasteiger partial charge < -0.3 is 65.6 Å². The number of ether oxygens (including phenoxy) is 5. The molecule has 17 nitrogen and oxygen atoms in total. The average molecular weight is 752 g/mol. The highest BCUT2D eigenvalue weighted by atomic mass is 16.7. The fraction of sp³-hybridized carbons (Fsp3) is 0.611. The van der Waals surface area contributed by atoms with Crippen LogP contribution in [-0.2, 0) is 38.1 Å².